The number of anilines is 3. The zero-order valence-corrected chi connectivity index (χ0v) is 25.4. The predicted octanol–water partition coefficient (Wildman–Crippen LogP) is 3.43. The van der Waals surface area contributed by atoms with E-state index in [1.54, 1.807) is 12.2 Å². The summed E-state index contributed by atoms with van der Waals surface area (Å²) in [7, 11) is 4.30. The molecule has 42 heavy (non-hydrogen) atoms. The molecule has 2 aromatic rings. The van der Waals surface area contributed by atoms with Gasteiger partial charge >= 0.3 is 0 Å². The highest BCUT2D eigenvalue weighted by atomic mass is 16.2. The maximum absolute atomic E-state index is 12.8. The van der Waals surface area contributed by atoms with Gasteiger partial charge in [0.1, 0.15) is 5.82 Å². The second-order valence-electron chi connectivity index (χ2n) is 12.4. The maximum Gasteiger partial charge on any atom is 0.246 e. The van der Waals surface area contributed by atoms with Gasteiger partial charge in [0.2, 0.25) is 11.9 Å². The van der Waals surface area contributed by atoms with E-state index in [0.29, 0.717) is 38.1 Å². The Labute approximate surface area is 250 Å². The first-order valence-corrected chi connectivity index (χ1v) is 15.7. The van der Waals surface area contributed by atoms with E-state index >= 15 is 0 Å². The molecule has 2 saturated heterocycles. The highest BCUT2D eigenvalue weighted by molar-refractivity contribution is 5.88. The van der Waals surface area contributed by atoms with Gasteiger partial charge in [0.05, 0.1) is 24.2 Å². The number of carbonyl (C=O) groups excluding carboxylic acids is 1. The number of aromatic nitrogens is 2. The van der Waals surface area contributed by atoms with Gasteiger partial charge in [-0.05, 0) is 70.8 Å². The molecule has 9 nitrogen and oxygen atoms in total. The molecule has 3 unspecified atom stereocenters. The Bertz CT molecular complexity index is 1370. The number of nitriles is 1. The van der Waals surface area contributed by atoms with E-state index in [1.165, 1.54) is 28.9 Å². The first-order valence-electron chi connectivity index (χ1n) is 15.7. The van der Waals surface area contributed by atoms with Crippen molar-refractivity contribution in [3.05, 3.63) is 53.2 Å². The molecule has 1 amide bonds. The van der Waals surface area contributed by atoms with Crippen LogP contribution in [0.3, 0.4) is 0 Å². The lowest BCUT2D eigenvalue weighted by molar-refractivity contribution is -0.128. The molecule has 222 valence electrons. The number of para-hydroxylation sites is 1. The summed E-state index contributed by atoms with van der Waals surface area (Å²) in [5.74, 6) is 1.83. The average Bonchev–Trinajstić information content (AvgIpc) is 3.51. The second kappa shape index (κ2) is 12.3. The molecule has 9 heteroatoms. The van der Waals surface area contributed by atoms with Crippen molar-refractivity contribution in [2.75, 3.05) is 68.1 Å². The number of aryl methyl sites for hydroxylation is 1. The number of benzene rings is 1. The van der Waals surface area contributed by atoms with Crippen LogP contribution >= 0.6 is 0 Å². The Balaban J connectivity index is 1.33. The number of allylic oxidation sites excluding steroid dienone is 1. The number of fused-ring (bicyclic) bond motifs is 2. The summed E-state index contributed by atoms with van der Waals surface area (Å²) in [6.45, 7) is 6.74. The molecule has 0 spiro atoms. The largest absolute Gasteiger partial charge is 0.368 e. The summed E-state index contributed by atoms with van der Waals surface area (Å²) in [6, 6.07) is 12.0. The van der Waals surface area contributed by atoms with Gasteiger partial charge in [-0.25, -0.2) is 4.98 Å². The number of amides is 1. The third kappa shape index (κ3) is 5.57. The van der Waals surface area contributed by atoms with E-state index in [2.05, 4.69) is 64.0 Å². The number of piperazine rings is 1. The minimum Gasteiger partial charge on any atom is -0.368 e. The Hall–Kier alpha value is -3.64. The Kier molecular flexibility index (Phi) is 8.34. The summed E-state index contributed by atoms with van der Waals surface area (Å²) < 4.78 is 0. The van der Waals surface area contributed by atoms with Gasteiger partial charge in [-0.2, -0.15) is 10.2 Å². The molecule has 4 aliphatic rings. The lowest BCUT2D eigenvalue weighted by Crippen LogP contribution is -2.55. The lowest BCUT2D eigenvalue weighted by atomic mass is 9.88. The fourth-order valence-electron chi connectivity index (χ4n) is 7.38. The SMILES string of the molecule is CC=CC(=O)N1CCN(c2nc(N3CCC(N(C)C)C3)nc3c2CCC(N2CCCc4ccccc42)C3)CC1CC#N. The number of hydrogen-bond donors (Lipinski definition) is 0. The third-order valence-electron chi connectivity index (χ3n) is 9.68. The number of nitrogens with zero attached hydrogens (tertiary/aromatic N) is 8. The van der Waals surface area contributed by atoms with Crippen molar-refractivity contribution in [2.24, 2.45) is 0 Å². The highest BCUT2D eigenvalue weighted by Crippen LogP contribution is 2.37. The van der Waals surface area contributed by atoms with Crippen LogP contribution in [-0.4, -0.2) is 97.2 Å². The van der Waals surface area contributed by atoms with Gasteiger partial charge in [-0.15, -0.1) is 0 Å². The van der Waals surface area contributed by atoms with Gasteiger partial charge in [0.15, 0.2) is 0 Å². The van der Waals surface area contributed by atoms with Gasteiger partial charge in [0, 0.05) is 69.0 Å². The first-order chi connectivity index (χ1) is 20.5. The number of likely N-dealkylation sites (N-methyl/N-ethyl adjacent to an activating group) is 1. The van der Waals surface area contributed by atoms with Gasteiger partial charge in [-0.1, -0.05) is 24.3 Å². The van der Waals surface area contributed by atoms with Crippen molar-refractivity contribution < 1.29 is 4.79 Å². The quantitative estimate of drug-likeness (QED) is 0.491. The van der Waals surface area contributed by atoms with Crippen LogP contribution in [0.15, 0.2) is 36.4 Å². The van der Waals surface area contributed by atoms with Crippen molar-refractivity contribution in [1.82, 2.24) is 19.8 Å². The molecule has 0 N–H and O–H groups in total. The third-order valence-corrected chi connectivity index (χ3v) is 9.68. The molecule has 0 radical (unpaired) electrons. The van der Waals surface area contributed by atoms with Crippen molar-refractivity contribution in [3.8, 4) is 6.07 Å². The topological polar surface area (TPSA) is 82.8 Å². The molecule has 1 aromatic heterocycles. The lowest BCUT2D eigenvalue weighted by Gasteiger charge is -2.43. The summed E-state index contributed by atoms with van der Waals surface area (Å²) in [5.41, 5.74) is 5.28. The summed E-state index contributed by atoms with van der Waals surface area (Å²) >= 11 is 0. The van der Waals surface area contributed by atoms with Gasteiger partial charge in [-0.3, -0.25) is 4.79 Å². The summed E-state index contributed by atoms with van der Waals surface area (Å²) in [4.78, 5) is 34.9. The molecule has 2 fully saturated rings. The van der Waals surface area contributed by atoms with Crippen molar-refractivity contribution in [1.29, 1.82) is 5.26 Å². The van der Waals surface area contributed by atoms with E-state index < -0.39 is 0 Å². The molecule has 4 heterocycles. The van der Waals surface area contributed by atoms with E-state index in [-0.39, 0.29) is 11.9 Å². The number of rotatable bonds is 6. The Morgan fingerprint density at radius 1 is 1.07 bits per heavy atom. The summed E-state index contributed by atoms with van der Waals surface area (Å²) in [6.07, 6.45) is 10.1. The molecule has 0 saturated carbocycles. The fraction of sp³-hybridized carbons (Fsp3) is 0.576. The molecular weight excluding hydrogens is 524 g/mol. The van der Waals surface area contributed by atoms with Gasteiger partial charge < -0.3 is 24.5 Å². The Morgan fingerprint density at radius 2 is 1.93 bits per heavy atom. The Morgan fingerprint density at radius 3 is 2.71 bits per heavy atom. The molecule has 3 atom stereocenters. The normalized spacial score (nSPS) is 24.2. The maximum atomic E-state index is 12.8. The second-order valence-corrected chi connectivity index (χ2v) is 12.4. The van der Waals surface area contributed by atoms with E-state index in [9.17, 15) is 10.1 Å². The molecule has 0 bridgehead atoms. The minimum absolute atomic E-state index is 0.0146. The molecule has 6 rings (SSSR count). The predicted molar refractivity (Wildman–Crippen MR) is 167 cm³/mol. The van der Waals surface area contributed by atoms with Crippen LogP contribution in [0.2, 0.25) is 0 Å². The number of carbonyl (C=O) groups is 1. The number of hydrogen-bond acceptors (Lipinski definition) is 8. The van der Waals surface area contributed by atoms with Gasteiger partial charge in [0.25, 0.3) is 0 Å². The van der Waals surface area contributed by atoms with Crippen LogP contribution in [0, 0.1) is 11.3 Å². The minimum atomic E-state index is -0.160. The zero-order chi connectivity index (χ0) is 29.2. The molecule has 3 aliphatic heterocycles. The first kappa shape index (κ1) is 28.5. The fourth-order valence-corrected chi connectivity index (χ4v) is 7.38. The van der Waals surface area contributed by atoms with Crippen LogP contribution in [-0.2, 0) is 24.1 Å². The smallest absolute Gasteiger partial charge is 0.246 e. The zero-order valence-electron chi connectivity index (χ0n) is 25.4. The van der Waals surface area contributed by atoms with Crippen molar-refractivity contribution in [2.45, 2.75) is 70.0 Å². The van der Waals surface area contributed by atoms with E-state index in [1.807, 2.05) is 11.8 Å². The van der Waals surface area contributed by atoms with Crippen LogP contribution in [0.25, 0.3) is 0 Å². The van der Waals surface area contributed by atoms with E-state index in [4.69, 9.17) is 9.97 Å². The highest BCUT2D eigenvalue weighted by Gasteiger charge is 2.36. The van der Waals surface area contributed by atoms with E-state index in [0.717, 1.165) is 63.5 Å². The van der Waals surface area contributed by atoms with Crippen molar-refractivity contribution in [3.63, 3.8) is 0 Å². The van der Waals surface area contributed by atoms with Crippen LogP contribution in [0.1, 0.15) is 49.4 Å². The van der Waals surface area contributed by atoms with Crippen molar-refractivity contribution >= 4 is 23.4 Å². The summed E-state index contributed by atoms with van der Waals surface area (Å²) in [5, 5.41) is 9.61. The van der Waals surface area contributed by atoms with Crippen LogP contribution in [0.5, 0.6) is 0 Å². The van der Waals surface area contributed by atoms with Crippen LogP contribution < -0.4 is 14.7 Å². The average molecular weight is 569 g/mol. The standard InChI is InChI=1S/C33H44N8O/c1-4-8-31(42)41-20-19-38(23-27(41)14-16-34)32-28-13-12-25(40-17-7-10-24-9-5-6-11-30(24)40)21-29(28)35-33(36-32)39-18-15-26(22-39)37(2)3/h4-6,8-9,11,25-27H,7,10,12-15,17-23H2,1-3H3. The molecular formula is C33H44N8O. The molecule has 1 aromatic carbocycles. The van der Waals surface area contributed by atoms with Crippen LogP contribution in [0.4, 0.5) is 17.5 Å². The monoisotopic (exact) mass is 568 g/mol. The molecule has 1 aliphatic carbocycles.